The monoisotopic (exact) mass is 425 g/mol. The Balaban J connectivity index is 1.26. The van der Waals surface area contributed by atoms with E-state index in [0.717, 1.165) is 5.75 Å². The maximum Gasteiger partial charge on any atom is 0.338 e. The van der Waals surface area contributed by atoms with Gasteiger partial charge in [-0.2, -0.15) is 0 Å². The van der Waals surface area contributed by atoms with Gasteiger partial charge in [-0.1, -0.05) is 17.7 Å². The normalized spacial score (nSPS) is 29.0. The number of hydrazine groups is 1. The Morgan fingerprint density at radius 3 is 2.32 bits per heavy atom. The summed E-state index contributed by atoms with van der Waals surface area (Å²) in [7, 11) is 1.87. The van der Waals surface area contributed by atoms with Gasteiger partial charge in [-0.3, -0.25) is 0 Å². The van der Waals surface area contributed by atoms with E-state index in [9.17, 15) is 4.79 Å². The molecule has 0 saturated carbocycles. The number of nitrogens with zero attached hydrogens (tertiary/aromatic N) is 2. The highest BCUT2D eigenvalue weighted by molar-refractivity contribution is 5.89. The van der Waals surface area contributed by atoms with Gasteiger partial charge in [0, 0.05) is 19.3 Å². The number of hydrogen-bond acceptors (Lipinski definition) is 6. The van der Waals surface area contributed by atoms with Crippen molar-refractivity contribution >= 4 is 11.7 Å². The van der Waals surface area contributed by atoms with E-state index in [1.807, 2.05) is 81.4 Å². The summed E-state index contributed by atoms with van der Waals surface area (Å²) in [6.45, 7) is 6.35. The number of anilines is 1. The largest absolute Gasteiger partial charge is 0.457 e. The molecule has 0 aromatic heterocycles. The second kappa shape index (κ2) is 7.49. The van der Waals surface area contributed by atoms with Gasteiger partial charge in [0.2, 0.25) is 0 Å². The number of aryl methyl sites for hydroxylation is 1. The van der Waals surface area contributed by atoms with Gasteiger partial charge in [-0.15, -0.1) is 0 Å². The van der Waals surface area contributed by atoms with Crippen LogP contribution in [0, 0.1) is 6.92 Å². The van der Waals surface area contributed by atoms with E-state index in [0.29, 0.717) is 18.0 Å². The molecule has 3 aliphatic rings. The zero-order chi connectivity index (χ0) is 21.8. The van der Waals surface area contributed by atoms with Gasteiger partial charge in [0.05, 0.1) is 0 Å². The summed E-state index contributed by atoms with van der Waals surface area (Å²) in [6.07, 6.45) is -1.15. The topological polar surface area (TPSA) is 72.5 Å². The summed E-state index contributed by atoms with van der Waals surface area (Å²) in [5.74, 6) is 0.781. The van der Waals surface area contributed by atoms with E-state index in [2.05, 4.69) is 5.32 Å². The SMILES string of the molecule is Cc1ccc(Oc2ccc(NC(=O)N3[C@@H]4O[C@H](CN3C)[C@H]3OC(C)(C)O[C@H]34)cc2)cc1. The number of urea groups is 1. The smallest absolute Gasteiger partial charge is 0.338 e. The minimum Gasteiger partial charge on any atom is -0.457 e. The molecule has 0 radical (unpaired) electrons. The second-order valence-electron chi connectivity index (χ2n) is 8.68. The molecule has 31 heavy (non-hydrogen) atoms. The number of hydrogen-bond donors (Lipinski definition) is 1. The molecular formula is C23H27N3O5. The fourth-order valence-corrected chi connectivity index (χ4v) is 4.35. The lowest BCUT2D eigenvalue weighted by Gasteiger charge is -2.42. The predicted molar refractivity (Wildman–Crippen MR) is 114 cm³/mol. The van der Waals surface area contributed by atoms with Crippen molar-refractivity contribution in [1.82, 2.24) is 10.0 Å². The van der Waals surface area contributed by atoms with Crippen molar-refractivity contribution in [2.75, 3.05) is 18.9 Å². The third-order valence-electron chi connectivity index (χ3n) is 5.75. The number of ether oxygens (including phenoxy) is 4. The van der Waals surface area contributed by atoms with Crippen LogP contribution in [-0.4, -0.2) is 60.0 Å². The molecule has 2 aromatic rings. The van der Waals surface area contributed by atoms with Gasteiger partial charge >= 0.3 is 6.03 Å². The standard InChI is InChI=1S/C23H27N3O5/c1-14-5-9-16(10-6-14)28-17-11-7-15(8-12-17)24-22(27)26-21-20-19(30-23(2,3)31-20)18(29-21)13-25(26)4/h5-12,18-21H,13H2,1-4H3,(H,24,27)/t18-,19-,20-,21-/m1/s1. The third-order valence-corrected chi connectivity index (χ3v) is 5.75. The Bertz CT molecular complexity index is 960. The molecule has 0 unspecified atom stereocenters. The highest BCUT2D eigenvalue weighted by Crippen LogP contribution is 2.42. The molecule has 3 fully saturated rings. The molecule has 3 saturated heterocycles. The fourth-order valence-electron chi connectivity index (χ4n) is 4.35. The van der Waals surface area contributed by atoms with Crippen molar-refractivity contribution in [2.24, 2.45) is 0 Å². The van der Waals surface area contributed by atoms with E-state index in [4.69, 9.17) is 18.9 Å². The average Bonchev–Trinajstić information content (AvgIpc) is 3.17. The first-order valence-corrected chi connectivity index (χ1v) is 10.5. The Labute approximate surface area is 181 Å². The summed E-state index contributed by atoms with van der Waals surface area (Å²) in [5, 5.41) is 6.37. The summed E-state index contributed by atoms with van der Waals surface area (Å²) in [6, 6.07) is 14.8. The molecule has 2 bridgehead atoms. The number of likely N-dealkylation sites (N-methyl/N-ethyl adjacent to an activating group) is 1. The molecule has 2 aromatic carbocycles. The highest BCUT2D eigenvalue weighted by atomic mass is 16.8. The van der Waals surface area contributed by atoms with E-state index >= 15 is 0 Å². The van der Waals surface area contributed by atoms with Crippen molar-refractivity contribution < 1.29 is 23.7 Å². The molecule has 4 atom stereocenters. The number of fused-ring (bicyclic) bond motifs is 5. The second-order valence-corrected chi connectivity index (χ2v) is 8.68. The lowest BCUT2D eigenvalue weighted by molar-refractivity contribution is -0.247. The maximum atomic E-state index is 13.1. The van der Waals surface area contributed by atoms with Gasteiger partial charge < -0.3 is 24.3 Å². The first-order valence-electron chi connectivity index (χ1n) is 10.5. The van der Waals surface area contributed by atoms with Crippen LogP contribution in [0.5, 0.6) is 11.5 Å². The fraction of sp³-hybridized carbons (Fsp3) is 0.435. The molecule has 8 heteroatoms. The molecular weight excluding hydrogens is 398 g/mol. The molecule has 5 rings (SSSR count). The lowest BCUT2D eigenvalue weighted by atomic mass is 10.1. The Morgan fingerprint density at radius 1 is 1.03 bits per heavy atom. The van der Waals surface area contributed by atoms with Crippen LogP contribution >= 0.6 is 0 Å². The third kappa shape index (κ3) is 3.87. The minimum absolute atomic E-state index is 0.121. The number of rotatable bonds is 3. The van der Waals surface area contributed by atoms with Crippen molar-refractivity contribution in [3.8, 4) is 11.5 Å². The maximum absolute atomic E-state index is 13.1. The van der Waals surface area contributed by atoms with Gasteiger partial charge in [-0.25, -0.2) is 14.8 Å². The van der Waals surface area contributed by atoms with Crippen molar-refractivity contribution in [2.45, 2.75) is 51.1 Å². The molecule has 8 nitrogen and oxygen atoms in total. The van der Waals surface area contributed by atoms with Gasteiger partial charge in [0.15, 0.2) is 12.0 Å². The molecule has 164 valence electrons. The van der Waals surface area contributed by atoms with E-state index in [1.165, 1.54) is 5.56 Å². The Kier molecular flexibility index (Phi) is 4.90. The molecule has 2 amide bonds. The average molecular weight is 425 g/mol. The molecule has 0 spiro atoms. The van der Waals surface area contributed by atoms with Crippen LogP contribution in [0.4, 0.5) is 10.5 Å². The van der Waals surface area contributed by atoms with Gasteiger partial charge in [-0.05, 0) is 57.2 Å². The quantitative estimate of drug-likeness (QED) is 0.808. The van der Waals surface area contributed by atoms with Crippen LogP contribution in [-0.2, 0) is 14.2 Å². The first kappa shape index (κ1) is 20.3. The zero-order valence-corrected chi connectivity index (χ0v) is 18.1. The van der Waals surface area contributed by atoms with Gasteiger partial charge in [0.1, 0.15) is 29.8 Å². The number of carbonyl (C=O) groups excluding carboxylic acids is 1. The zero-order valence-electron chi connectivity index (χ0n) is 18.1. The molecule has 1 N–H and O–H groups in total. The first-order chi connectivity index (χ1) is 14.8. The van der Waals surface area contributed by atoms with Crippen LogP contribution in [0.1, 0.15) is 19.4 Å². The summed E-state index contributed by atoms with van der Waals surface area (Å²) >= 11 is 0. The number of carbonyl (C=O) groups is 1. The van der Waals surface area contributed by atoms with Crippen molar-refractivity contribution in [1.29, 1.82) is 0 Å². The molecule has 0 aliphatic carbocycles. The van der Waals surface area contributed by atoms with Crippen molar-refractivity contribution in [3.63, 3.8) is 0 Å². The van der Waals surface area contributed by atoms with Gasteiger partial charge in [0.25, 0.3) is 0 Å². The number of benzene rings is 2. The van der Waals surface area contributed by atoms with Crippen LogP contribution in [0.25, 0.3) is 0 Å². The predicted octanol–water partition coefficient (Wildman–Crippen LogP) is 3.73. The van der Waals surface area contributed by atoms with Crippen LogP contribution < -0.4 is 10.1 Å². The van der Waals surface area contributed by atoms with Crippen LogP contribution in [0.15, 0.2) is 48.5 Å². The summed E-state index contributed by atoms with van der Waals surface area (Å²) in [4.78, 5) is 13.1. The van der Waals surface area contributed by atoms with Crippen LogP contribution in [0.2, 0.25) is 0 Å². The molecule has 3 heterocycles. The van der Waals surface area contributed by atoms with Crippen LogP contribution in [0.3, 0.4) is 0 Å². The summed E-state index contributed by atoms with van der Waals surface area (Å²) in [5.41, 5.74) is 1.84. The lowest BCUT2D eigenvalue weighted by Crippen LogP contribution is -2.59. The van der Waals surface area contributed by atoms with E-state index in [-0.39, 0.29) is 24.3 Å². The summed E-state index contributed by atoms with van der Waals surface area (Å²) < 4.78 is 23.9. The Hall–Kier alpha value is -2.65. The molecule has 3 aliphatic heterocycles. The number of amides is 2. The van der Waals surface area contributed by atoms with E-state index in [1.54, 1.807) is 5.01 Å². The minimum atomic E-state index is -0.680. The Morgan fingerprint density at radius 2 is 1.65 bits per heavy atom. The highest BCUT2D eigenvalue weighted by Gasteiger charge is 2.61. The number of nitrogens with one attached hydrogen (secondary N) is 1. The van der Waals surface area contributed by atoms with Crippen molar-refractivity contribution in [3.05, 3.63) is 54.1 Å². The van der Waals surface area contributed by atoms with E-state index < -0.39 is 12.0 Å².